The van der Waals surface area contributed by atoms with Gasteiger partial charge in [0.25, 0.3) is 0 Å². The lowest BCUT2D eigenvalue weighted by Gasteiger charge is -2.25. The predicted octanol–water partition coefficient (Wildman–Crippen LogP) is 2.98. The maximum Gasteiger partial charge on any atom is 0.141 e. The van der Waals surface area contributed by atoms with Gasteiger partial charge in [-0.2, -0.15) is 0 Å². The topological polar surface area (TPSA) is 32.3 Å². The largest absolute Gasteiger partial charge is 0.396 e. The number of aliphatic hydroxyl groups is 1. The van der Waals surface area contributed by atoms with Crippen LogP contribution in [0.15, 0.2) is 18.2 Å². The monoisotopic (exact) mass is 259 g/mol. The van der Waals surface area contributed by atoms with Crippen molar-refractivity contribution in [3.8, 4) is 0 Å². The average Bonchev–Trinajstić information content (AvgIpc) is 2.33. The molecule has 0 heterocycles. The molecule has 0 spiro atoms. The minimum atomic E-state index is -0.399. The summed E-state index contributed by atoms with van der Waals surface area (Å²) in [5.41, 5.74) is 0.830. The first kappa shape index (κ1) is 14.4. The number of rotatable bonds is 6. The van der Waals surface area contributed by atoms with Crippen LogP contribution in [-0.4, -0.2) is 18.3 Å². The average molecular weight is 260 g/mol. The van der Waals surface area contributed by atoms with E-state index < -0.39 is 5.82 Å². The van der Waals surface area contributed by atoms with Crippen molar-refractivity contribution in [1.29, 1.82) is 0 Å². The second-order valence-electron chi connectivity index (χ2n) is 4.67. The van der Waals surface area contributed by atoms with Gasteiger partial charge in [-0.05, 0) is 24.1 Å². The molecule has 2 N–H and O–H groups in total. The summed E-state index contributed by atoms with van der Waals surface area (Å²) in [4.78, 5) is 0. The molecule has 0 aliphatic rings. The van der Waals surface area contributed by atoms with Crippen LogP contribution in [0.1, 0.15) is 25.8 Å². The zero-order chi connectivity index (χ0) is 12.9. The minimum Gasteiger partial charge on any atom is -0.396 e. The van der Waals surface area contributed by atoms with E-state index >= 15 is 0 Å². The van der Waals surface area contributed by atoms with Crippen LogP contribution in [0.2, 0.25) is 5.02 Å². The first-order valence-corrected chi connectivity index (χ1v) is 6.14. The molecule has 0 aliphatic carbocycles. The van der Waals surface area contributed by atoms with Crippen LogP contribution in [0.4, 0.5) is 4.39 Å². The van der Waals surface area contributed by atoms with Gasteiger partial charge in [0, 0.05) is 25.1 Å². The second kappa shape index (κ2) is 6.34. The van der Waals surface area contributed by atoms with Crippen LogP contribution in [0.3, 0.4) is 0 Å². The highest BCUT2D eigenvalue weighted by Gasteiger charge is 2.19. The molecule has 0 amide bonds. The van der Waals surface area contributed by atoms with Crippen molar-refractivity contribution in [1.82, 2.24) is 5.32 Å². The summed E-state index contributed by atoms with van der Waals surface area (Å²) in [6.45, 7) is 5.57. The molecule has 96 valence electrons. The van der Waals surface area contributed by atoms with Gasteiger partial charge in [-0.3, -0.25) is 0 Å². The summed E-state index contributed by atoms with van der Waals surface area (Å²) in [7, 11) is 0. The number of aliphatic hydroxyl groups excluding tert-OH is 1. The third-order valence-electron chi connectivity index (χ3n) is 3.10. The normalized spacial score (nSPS) is 14.6. The van der Waals surface area contributed by atoms with Gasteiger partial charge in [0.05, 0.1) is 5.02 Å². The predicted molar refractivity (Wildman–Crippen MR) is 68.6 cm³/mol. The minimum absolute atomic E-state index is 0.107. The number of nitrogens with one attached hydrogen (secondary N) is 1. The molecule has 1 rings (SSSR count). The molecule has 1 atom stereocenters. The number of halogens is 2. The third-order valence-corrected chi connectivity index (χ3v) is 3.39. The van der Waals surface area contributed by atoms with E-state index in [1.54, 1.807) is 12.1 Å². The molecule has 0 radical (unpaired) electrons. The lowest BCUT2D eigenvalue weighted by atomic mass is 9.88. The molecular formula is C13H19ClFNO. The first-order valence-electron chi connectivity index (χ1n) is 5.76. The molecule has 1 aromatic rings. The zero-order valence-corrected chi connectivity index (χ0v) is 11.0. The Morgan fingerprint density at radius 2 is 2.18 bits per heavy atom. The first-order chi connectivity index (χ1) is 8.00. The smallest absolute Gasteiger partial charge is 0.141 e. The summed E-state index contributed by atoms with van der Waals surface area (Å²) in [6, 6.07) is 4.69. The van der Waals surface area contributed by atoms with Crippen LogP contribution in [0, 0.1) is 11.2 Å². The Balaban J connectivity index is 2.48. The maximum absolute atomic E-state index is 12.9. The van der Waals surface area contributed by atoms with Gasteiger partial charge >= 0.3 is 0 Å². The number of hydrogen-bond donors (Lipinski definition) is 2. The van der Waals surface area contributed by atoms with Crippen molar-refractivity contribution in [2.75, 3.05) is 13.2 Å². The Morgan fingerprint density at radius 1 is 1.47 bits per heavy atom. The lowest BCUT2D eigenvalue weighted by Crippen LogP contribution is -2.34. The van der Waals surface area contributed by atoms with E-state index in [4.69, 9.17) is 11.6 Å². The molecule has 0 aliphatic heterocycles. The van der Waals surface area contributed by atoms with Crippen LogP contribution in [0.25, 0.3) is 0 Å². The van der Waals surface area contributed by atoms with Crippen LogP contribution in [0.5, 0.6) is 0 Å². The van der Waals surface area contributed by atoms with E-state index in [0.717, 1.165) is 18.5 Å². The van der Waals surface area contributed by atoms with E-state index in [9.17, 15) is 9.50 Å². The number of hydrogen-bond acceptors (Lipinski definition) is 2. The Bertz CT molecular complexity index is 366. The quantitative estimate of drug-likeness (QED) is 0.823. The van der Waals surface area contributed by atoms with Gasteiger partial charge in [0.15, 0.2) is 0 Å². The van der Waals surface area contributed by atoms with Gasteiger partial charge in [0.1, 0.15) is 5.82 Å². The van der Waals surface area contributed by atoms with E-state index in [-0.39, 0.29) is 17.0 Å². The summed E-state index contributed by atoms with van der Waals surface area (Å²) < 4.78 is 12.9. The number of benzene rings is 1. The fourth-order valence-corrected chi connectivity index (χ4v) is 1.65. The van der Waals surface area contributed by atoms with Crippen LogP contribution in [-0.2, 0) is 6.54 Å². The second-order valence-corrected chi connectivity index (χ2v) is 5.08. The van der Waals surface area contributed by atoms with Gasteiger partial charge in [-0.15, -0.1) is 0 Å². The fraction of sp³-hybridized carbons (Fsp3) is 0.538. The highest BCUT2D eigenvalue weighted by Crippen LogP contribution is 2.19. The van der Waals surface area contributed by atoms with Crippen molar-refractivity contribution in [2.45, 2.75) is 26.8 Å². The van der Waals surface area contributed by atoms with Crippen molar-refractivity contribution < 1.29 is 9.50 Å². The summed E-state index contributed by atoms with van der Waals surface area (Å²) >= 11 is 5.69. The molecule has 0 bridgehead atoms. The Kier molecular flexibility index (Phi) is 5.37. The van der Waals surface area contributed by atoms with E-state index in [1.165, 1.54) is 6.07 Å². The van der Waals surface area contributed by atoms with Gasteiger partial charge in [-0.1, -0.05) is 31.5 Å². The molecule has 1 unspecified atom stereocenters. The molecule has 1 aromatic carbocycles. The molecule has 0 fully saturated rings. The van der Waals surface area contributed by atoms with Gasteiger partial charge < -0.3 is 10.4 Å². The molecule has 0 aromatic heterocycles. The molecular weight excluding hydrogens is 241 g/mol. The summed E-state index contributed by atoms with van der Waals surface area (Å²) in [5, 5.41) is 12.6. The molecule has 0 saturated carbocycles. The molecule has 4 heteroatoms. The standard InChI is InChI=1S/C13H19ClFNO/c1-3-13(2,9-17)8-16-7-10-4-5-12(15)11(14)6-10/h4-6,16-17H,3,7-9H2,1-2H3. The van der Waals surface area contributed by atoms with Crippen molar-refractivity contribution in [3.63, 3.8) is 0 Å². The van der Waals surface area contributed by atoms with Crippen LogP contribution >= 0.6 is 11.6 Å². The van der Waals surface area contributed by atoms with Gasteiger partial charge in [-0.25, -0.2) is 4.39 Å². The highest BCUT2D eigenvalue weighted by atomic mass is 35.5. The Hall–Kier alpha value is -0.640. The highest BCUT2D eigenvalue weighted by molar-refractivity contribution is 6.30. The SMILES string of the molecule is CCC(C)(CO)CNCc1ccc(F)c(Cl)c1. The lowest BCUT2D eigenvalue weighted by molar-refractivity contribution is 0.135. The molecule has 17 heavy (non-hydrogen) atoms. The van der Waals surface area contributed by atoms with Crippen LogP contribution < -0.4 is 5.32 Å². The Labute approximate surface area is 107 Å². The van der Waals surface area contributed by atoms with Crippen molar-refractivity contribution >= 4 is 11.6 Å². The van der Waals surface area contributed by atoms with Crippen molar-refractivity contribution in [2.24, 2.45) is 5.41 Å². The molecule has 2 nitrogen and oxygen atoms in total. The third kappa shape index (κ3) is 4.26. The van der Waals surface area contributed by atoms with Crippen molar-refractivity contribution in [3.05, 3.63) is 34.6 Å². The van der Waals surface area contributed by atoms with E-state index in [0.29, 0.717) is 6.54 Å². The zero-order valence-electron chi connectivity index (χ0n) is 10.3. The summed E-state index contributed by atoms with van der Waals surface area (Å²) in [6.07, 6.45) is 0.903. The van der Waals surface area contributed by atoms with E-state index in [2.05, 4.69) is 5.32 Å². The summed E-state index contributed by atoms with van der Waals surface area (Å²) in [5.74, 6) is -0.399. The fourth-order valence-electron chi connectivity index (χ4n) is 1.45. The Morgan fingerprint density at radius 3 is 2.71 bits per heavy atom. The molecule has 0 saturated heterocycles. The van der Waals surface area contributed by atoms with Gasteiger partial charge in [0.2, 0.25) is 0 Å². The van der Waals surface area contributed by atoms with E-state index in [1.807, 2.05) is 13.8 Å². The maximum atomic E-state index is 12.9.